The zero-order chi connectivity index (χ0) is 13.7. The number of rotatable bonds is 5. The third kappa shape index (κ3) is 3.67. The first-order valence-corrected chi connectivity index (χ1v) is 6.69. The van der Waals surface area contributed by atoms with E-state index in [1.807, 2.05) is 13.2 Å². The van der Waals surface area contributed by atoms with Gasteiger partial charge >= 0.3 is 0 Å². The average Bonchev–Trinajstić information content (AvgIpc) is 3.04. The predicted molar refractivity (Wildman–Crippen MR) is 73.2 cm³/mol. The fraction of sp³-hybridized carbons (Fsp3) is 0.571. The van der Waals surface area contributed by atoms with Crippen LogP contribution in [0.2, 0.25) is 0 Å². The lowest BCUT2D eigenvalue weighted by atomic mass is 9.87. The third-order valence-corrected chi connectivity index (χ3v) is 3.79. The Labute approximate surface area is 113 Å². The van der Waals surface area contributed by atoms with Gasteiger partial charge in [-0.25, -0.2) is 0 Å². The number of aryl methyl sites for hydroxylation is 1. The zero-order valence-corrected chi connectivity index (χ0v) is 11.3. The molecule has 0 saturated heterocycles. The van der Waals surface area contributed by atoms with E-state index in [0.29, 0.717) is 6.54 Å². The summed E-state index contributed by atoms with van der Waals surface area (Å²) < 4.78 is 1.69. The highest BCUT2D eigenvalue weighted by molar-refractivity contribution is 5.91. The Morgan fingerprint density at radius 2 is 2.32 bits per heavy atom. The van der Waals surface area contributed by atoms with Crippen LogP contribution in [0.25, 0.3) is 6.08 Å². The second-order valence-corrected chi connectivity index (χ2v) is 5.36. The Morgan fingerprint density at radius 3 is 2.89 bits per heavy atom. The first-order valence-electron chi connectivity index (χ1n) is 6.69. The second kappa shape index (κ2) is 6.02. The monoisotopic (exact) mass is 263 g/mol. The quantitative estimate of drug-likeness (QED) is 0.782. The molecule has 104 valence electrons. The number of aromatic nitrogens is 2. The van der Waals surface area contributed by atoms with E-state index in [0.717, 1.165) is 31.2 Å². The minimum atomic E-state index is -0.122. The maximum atomic E-state index is 11.7. The van der Waals surface area contributed by atoms with Gasteiger partial charge in [-0.15, -0.1) is 0 Å². The van der Waals surface area contributed by atoms with Crippen LogP contribution in [-0.2, 0) is 11.8 Å². The van der Waals surface area contributed by atoms with Crippen LogP contribution in [0.1, 0.15) is 31.2 Å². The summed E-state index contributed by atoms with van der Waals surface area (Å²) in [7, 11) is 1.84. The smallest absolute Gasteiger partial charge is 0.244 e. The van der Waals surface area contributed by atoms with E-state index < -0.39 is 0 Å². The molecule has 2 rings (SSSR count). The van der Waals surface area contributed by atoms with Crippen LogP contribution in [0.4, 0.5) is 0 Å². The third-order valence-electron chi connectivity index (χ3n) is 3.79. The Balaban J connectivity index is 1.83. The van der Waals surface area contributed by atoms with Gasteiger partial charge in [0.15, 0.2) is 0 Å². The molecule has 0 aromatic carbocycles. The van der Waals surface area contributed by atoms with Crippen LogP contribution in [0, 0.1) is 5.41 Å². The molecule has 0 aliphatic heterocycles. The van der Waals surface area contributed by atoms with Crippen LogP contribution in [0.5, 0.6) is 0 Å². The molecule has 0 bridgehead atoms. The Kier molecular flexibility index (Phi) is 4.37. The Hall–Kier alpha value is -1.62. The molecule has 5 nitrogen and oxygen atoms in total. The summed E-state index contributed by atoms with van der Waals surface area (Å²) in [6.07, 6.45) is 11.1. The van der Waals surface area contributed by atoms with Crippen molar-refractivity contribution in [2.45, 2.75) is 25.7 Å². The first-order chi connectivity index (χ1) is 9.13. The molecule has 1 aromatic rings. The molecule has 19 heavy (non-hydrogen) atoms. The van der Waals surface area contributed by atoms with E-state index in [-0.39, 0.29) is 17.9 Å². The van der Waals surface area contributed by atoms with Gasteiger partial charge in [-0.2, -0.15) is 5.10 Å². The molecule has 0 atom stereocenters. The summed E-state index contributed by atoms with van der Waals surface area (Å²) in [5, 5.41) is 16.4. The highest BCUT2D eigenvalue weighted by Crippen LogP contribution is 2.36. The summed E-state index contributed by atoms with van der Waals surface area (Å²) in [4.78, 5) is 11.7. The summed E-state index contributed by atoms with van der Waals surface area (Å²) >= 11 is 0. The topological polar surface area (TPSA) is 67.2 Å². The molecular formula is C14H21N3O2. The standard InChI is InChI=1S/C14H21N3O2/c1-17-9-12(8-16-17)4-5-13(19)15-10-14(11-18)6-2-3-7-14/h4-5,8-9,18H,2-3,6-7,10-11H2,1H3,(H,15,19)/b5-4+. The van der Waals surface area contributed by atoms with Gasteiger partial charge in [-0.1, -0.05) is 12.8 Å². The van der Waals surface area contributed by atoms with Gasteiger partial charge in [0.25, 0.3) is 0 Å². The van der Waals surface area contributed by atoms with Crippen LogP contribution >= 0.6 is 0 Å². The van der Waals surface area contributed by atoms with Crippen molar-refractivity contribution in [2.75, 3.05) is 13.2 Å². The maximum absolute atomic E-state index is 11.7. The fourth-order valence-corrected chi connectivity index (χ4v) is 2.55. The lowest BCUT2D eigenvalue weighted by Gasteiger charge is -2.26. The average molecular weight is 263 g/mol. The second-order valence-electron chi connectivity index (χ2n) is 5.36. The molecule has 0 unspecified atom stereocenters. The lowest BCUT2D eigenvalue weighted by molar-refractivity contribution is -0.117. The number of amides is 1. The van der Waals surface area contributed by atoms with Crippen molar-refractivity contribution in [2.24, 2.45) is 12.5 Å². The molecule has 1 fully saturated rings. The van der Waals surface area contributed by atoms with Crippen molar-refractivity contribution in [3.8, 4) is 0 Å². The number of carbonyl (C=O) groups excluding carboxylic acids is 1. The molecule has 1 heterocycles. The number of hydrogen-bond acceptors (Lipinski definition) is 3. The number of hydrogen-bond donors (Lipinski definition) is 2. The minimum absolute atomic E-state index is 0.0994. The molecule has 1 aromatic heterocycles. The lowest BCUT2D eigenvalue weighted by Crippen LogP contribution is -2.37. The van der Waals surface area contributed by atoms with Gasteiger partial charge in [0.2, 0.25) is 5.91 Å². The van der Waals surface area contributed by atoms with Gasteiger partial charge in [-0.3, -0.25) is 9.48 Å². The maximum Gasteiger partial charge on any atom is 0.244 e. The highest BCUT2D eigenvalue weighted by atomic mass is 16.3. The van der Waals surface area contributed by atoms with E-state index >= 15 is 0 Å². The number of nitrogens with one attached hydrogen (secondary N) is 1. The molecule has 2 N–H and O–H groups in total. The Morgan fingerprint density at radius 1 is 1.58 bits per heavy atom. The van der Waals surface area contributed by atoms with E-state index in [9.17, 15) is 9.90 Å². The van der Waals surface area contributed by atoms with Crippen molar-refractivity contribution in [3.63, 3.8) is 0 Å². The van der Waals surface area contributed by atoms with Gasteiger partial charge in [0, 0.05) is 36.8 Å². The van der Waals surface area contributed by atoms with Crippen molar-refractivity contribution in [1.82, 2.24) is 15.1 Å². The highest BCUT2D eigenvalue weighted by Gasteiger charge is 2.33. The number of aliphatic hydroxyl groups is 1. The van der Waals surface area contributed by atoms with Crippen LogP contribution in [-0.4, -0.2) is 33.9 Å². The summed E-state index contributed by atoms with van der Waals surface area (Å²) in [6, 6.07) is 0. The normalized spacial score (nSPS) is 18.0. The largest absolute Gasteiger partial charge is 0.396 e. The van der Waals surface area contributed by atoms with Gasteiger partial charge in [0.05, 0.1) is 12.8 Å². The molecule has 5 heteroatoms. The van der Waals surface area contributed by atoms with E-state index in [2.05, 4.69) is 10.4 Å². The van der Waals surface area contributed by atoms with Crippen molar-refractivity contribution in [1.29, 1.82) is 0 Å². The number of carbonyl (C=O) groups is 1. The molecule has 1 amide bonds. The molecule has 1 aliphatic rings. The fourth-order valence-electron chi connectivity index (χ4n) is 2.55. The molecule has 0 radical (unpaired) electrons. The SMILES string of the molecule is Cn1cc(/C=C/C(=O)NCC2(CO)CCCC2)cn1. The first kappa shape index (κ1) is 13.8. The van der Waals surface area contributed by atoms with Crippen molar-refractivity contribution in [3.05, 3.63) is 24.0 Å². The Bertz CT molecular complexity index is 459. The van der Waals surface area contributed by atoms with Crippen LogP contribution in [0.3, 0.4) is 0 Å². The van der Waals surface area contributed by atoms with Gasteiger partial charge in [-0.05, 0) is 18.9 Å². The predicted octanol–water partition coefficient (Wildman–Crippen LogP) is 1.10. The van der Waals surface area contributed by atoms with Gasteiger partial charge in [0.1, 0.15) is 0 Å². The number of aliphatic hydroxyl groups excluding tert-OH is 1. The van der Waals surface area contributed by atoms with Crippen LogP contribution < -0.4 is 5.32 Å². The van der Waals surface area contributed by atoms with Crippen LogP contribution in [0.15, 0.2) is 18.5 Å². The van der Waals surface area contributed by atoms with E-state index in [1.54, 1.807) is 17.0 Å². The molecule has 1 saturated carbocycles. The molecular weight excluding hydrogens is 242 g/mol. The van der Waals surface area contributed by atoms with Crippen molar-refractivity contribution >= 4 is 12.0 Å². The summed E-state index contributed by atoms with van der Waals surface area (Å²) in [5.41, 5.74) is 0.799. The number of nitrogens with zero attached hydrogens (tertiary/aromatic N) is 2. The van der Waals surface area contributed by atoms with Crippen molar-refractivity contribution < 1.29 is 9.90 Å². The van der Waals surface area contributed by atoms with Gasteiger partial charge < -0.3 is 10.4 Å². The van der Waals surface area contributed by atoms with E-state index in [1.165, 1.54) is 6.08 Å². The molecule has 1 aliphatic carbocycles. The van der Waals surface area contributed by atoms with E-state index in [4.69, 9.17) is 0 Å². The summed E-state index contributed by atoms with van der Waals surface area (Å²) in [6.45, 7) is 0.708. The minimum Gasteiger partial charge on any atom is -0.396 e. The molecule has 0 spiro atoms. The zero-order valence-electron chi connectivity index (χ0n) is 11.3. The summed E-state index contributed by atoms with van der Waals surface area (Å²) in [5.74, 6) is -0.122.